The van der Waals surface area contributed by atoms with Crippen molar-refractivity contribution >= 4 is 17.4 Å². The molecule has 0 atom stereocenters. The Bertz CT molecular complexity index is 806. The molecule has 0 fully saturated rings. The molecular weight excluding hydrogens is 314 g/mol. The number of carbonyl (C=O) groups is 1. The van der Waals surface area contributed by atoms with E-state index in [1.165, 1.54) is 6.20 Å². The Balaban J connectivity index is 1.68. The van der Waals surface area contributed by atoms with Crippen LogP contribution in [0.25, 0.3) is 0 Å². The molecule has 0 bridgehead atoms. The Labute approximate surface area is 146 Å². The lowest BCUT2D eigenvalue weighted by Gasteiger charge is -2.21. The summed E-state index contributed by atoms with van der Waals surface area (Å²) in [6.45, 7) is 3.15. The molecule has 2 aromatic heterocycles. The molecule has 0 spiro atoms. The molecule has 1 aromatic carbocycles. The molecule has 0 aliphatic carbocycles. The number of benzene rings is 1. The fourth-order valence-electron chi connectivity index (χ4n) is 2.43. The minimum absolute atomic E-state index is 0.271. The van der Waals surface area contributed by atoms with Crippen molar-refractivity contribution in [3.8, 4) is 0 Å². The zero-order valence-electron chi connectivity index (χ0n) is 14.0. The highest BCUT2D eigenvalue weighted by Gasteiger charge is 2.12. The first kappa shape index (κ1) is 16.6. The molecule has 126 valence electrons. The summed E-state index contributed by atoms with van der Waals surface area (Å²) in [7, 11) is 0. The van der Waals surface area contributed by atoms with E-state index in [1.54, 1.807) is 12.4 Å². The van der Waals surface area contributed by atoms with E-state index in [0.717, 1.165) is 17.9 Å². The van der Waals surface area contributed by atoms with E-state index in [4.69, 9.17) is 0 Å². The summed E-state index contributed by atoms with van der Waals surface area (Å²) in [6.07, 6.45) is 4.81. The molecule has 6 heteroatoms. The Morgan fingerprint density at radius 3 is 2.44 bits per heavy atom. The van der Waals surface area contributed by atoms with Crippen molar-refractivity contribution in [3.05, 3.63) is 78.5 Å². The third-order valence-corrected chi connectivity index (χ3v) is 3.69. The quantitative estimate of drug-likeness (QED) is 0.751. The standard InChI is InChI=1S/C19H19N5O/c1-2-24(16-9-4-3-5-10-16)18-14-21-17(13-22-18)19(25)23-12-15-8-6-7-11-20-15/h3-11,13-14H,2,12H2,1H3,(H,23,25). The van der Waals surface area contributed by atoms with Gasteiger partial charge in [-0.05, 0) is 31.2 Å². The van der Waals surface area contributed by atoms with Gasteiger partial charge in [0.05, 0.1) is 24.6 Å². The summed E-state index contributed by atoms with van der Waals surface area (Å²) in [6, 6.07) is 15.5. The first-order chi connectivity index (χ1) is 12.3. The van der Waals surface area contributed by atoms with Gasteiger partial charge in [-0.1, -0.05) is 24.3 Å². The van der Waals surface area contributed by atoms with Gasteiger partial charge in [-0.15, -0.1) is 0 Å². The van der Waals surface area contributed by atoms with E-state index in [2.05, 4.69) is 20.3 Å². The molecule has 3 aromatic rings. The van der Waals surface area contributed by atoms with Crippen molar-refractivity contribution in [3.63, 3.8) is 0 Å². The molecule has 0 aliphatic heterocycles. The van der Waals surface area contributed by atoms with Crippen LogP contribution in [0.5, 0.6) is 0 Å². The van der Waals surface area contributed by atoms with Crippen molar-refractivity contribution in [1.82, 2.24) is 20.3 Å². The van der Waals surface area contributed by atoms with Gasteiger partial charge in [-0.3, -0.25) is 9.78 Å². The van der Waals surface area contributed by atoms with Crippen LogP contribution in [0, 0.1) is 0 Å². The summed E-state index contributed by atoms with van der Waals surface area (Å²) in [5, 5.41) is 2.79. The first-order valence-corrected chi connectivity index (χ1v) is 8.10. The Hall–Kier alpha value is -3.28. The highest BCUT2D eigenvalue weighted by molar-refractivity contribution is 5.92. The van der Waals surface area contributed by atoms with Gasteiger partial charge in [0.25, 0.3) is 5.91 Å². The maximum Gasteiger partial charge on any atom is 0.271 e. The highest BCUT2D eigenvalue weighted by atomic mass is 16.1. The Morgan fingerprint density at radius 1 is 1.00 bits per heavy atom. The smallest absolute Gasteiger partial charge is 0.271 e. The number of pyridine rings is 1. The molecule has 0 saturated carbocycles. The average Bonchev–Trinajstić information content (AvgIpc) is 2.69. The van der Waals surface area contributed by atoms with Gasteiger partial charge < -0.3 is 10.2 Å². The Morgan fingerprint density at radius 2 is 1.80 bits per heavy atom. The number of hydrogen-bond donors (Lipinski definition) is 1. The maximum atomic E-state index is 12.2. The number of aromatic nitrogens is 3. The lowest BCUT2D eigenvalue weighted by molar-refractivity contribution is 0.0945. The summed E-state index contributed by atoms with van der Waals surface area (Å²) in [5.74, 6) is 0.433. The molecule has 0 saturated heterocycles. The summed E-state index contributed by atoms with van der Waals surface area (Å²) in [4.78, 5) is 27.0. The van der Waals surface area contributed by atoms with Crippen LogP contribution in [-0.2, 0) is 6.54 Å². The second-order valence-electron chi connectivity index (χ2n) is 5.34. The second-order valence-corrected chi connectivity index (χ2v) is 5.34. The second kappa shape index (κ2) is 8.01. The van der Waals surface area contributed by atoms with E-state index in [1.807, 2.05) is 60.4 Å². The monoisotopic (exact) mass is 333 g/mol. The third kappa shape index (κ3) is 4.17. The average molecular weight is 333 g/mol. The van der Waals surface area contributed by atoms with Crippen molar-refractivity contribution < 1.29 is 4.79 Å². The molecule has 2 heterocycles. The molecule has 0 unspecified atom stereocenters. The van der Waals surface area contributed by atoms with Crippen LogP contribution in [0.3, 0.4) is 0 Å². The van der Waals surface area contributed by atoms with Gasteiger partial charge in [-0.25, -0.2) is 9.97 Å². The number of para-hydroxylation sites is 1. The normalized spacial score (nSPS) is 10.3. The van der Waals surface area contributed by atoms with Crippen LogP contribution in [-0.4, -0.2) is 27.4 Å². The van der Waals surface area contributed by atoms with Gasteiger partial charge in [0, 0.05) is 18.4 Å². The van der Waals surface area contributed by atoms with Crippen LogP contribution >= 0.6 is 0 Å². The minimum atomic E-state index is -0.271. The Kier molecular flexibility index (Phi) is 5.31. The van der Waals surface area contributed by atoms with Gasteiger partial charge in [-0.2, -0.15) is 0 Å². The fraction of sp³-hybridized carbons (Fsp3) is 0.158. The number of carbonyl (C=O) groups excluding carboxylic acids is 1. The zero-order chi connectivity index (χ0) is 17.5. The predicted molar refractivity (Wildman–Crippen MR) is 96.6 cm³/mol. The number of hydrogen-bond acceptors (Lipinski definition) is 5. The van der Waals surface area contributed by atoms with Crippen LogP contribution < -0.4 is 10.2 Å². The molecule has 0 aliphatic rings. The van der Waals surface area contributed by atoms with Gasteiger partial charge in [0.2, 0.25) is 0 Å². The summed E-state index contributed by atoms with van der Waals surface area (Å²) in [5.41, 5.74) is 2.11. The van der Waals surface area contributed by atoms with Gasteiger partial charge in [0.15, 0.2) is 5.82 Å². The molecule has 3 rings (SSSR count). The predicted octanol–water partition coefficient (Wildman–Crippen LogP) is 2.96. The van der Waals surface area contributed by atoms with E-state index in [-0.39, 0.29) is 11.6 Å². The molecule has 1 N–H and O–H groups in total. The number of amides is 1. The van der Waals surface area contributed by atoms with Crippen LogP contribution in [0.1, 0.15) is 23.1 Å². The third-order valence-electron chi connectivity index (χ3n) is 3.69. The number of anilines is 2. The number of rotatable bonds is 6. The van der Waals surface area contributed by atoms with E-state index in [9.17, 15) is 4.79 Å². The van der Waals surface area contributed by atoms with Crippen molar-refractivity contribution in [1.29, 1.82) is 0 Å². The van der Waals surface area contributed by atoms with Crippen molar-refractivity contribution in [2.45, 2.75) is 13.5 Å². The van der Waals surface area contributed by atoms with E-state index >= 15 is 0 Å². The fourth-order valence-corrected chi connectivity index (χ4v) is 2.43. The minimum Gasteiger partial charge on any atom is -0.345 e. The van der Waals surface area contributed by atoms with Crippen LogP contribution in [0.4, 0.5) is 11.5 Å². The van der Waals surface area contributed by atoms with Crippen molar-refractivity contribution in [2.24, 2.45) is 0 Å². The number of nitrogens with zero attached hydrogens (tertiary/aromatic N) is 4. The maximum absolute atomic E-state index is 12.2. The van der Waals surface area contributed by atoms with Crippen LogP contribution in [0.2, 0.25) is 0 Å². The highest BCUT2D eigenvalue weighted by Crippen LogP contribution is 2.21. The van der Waals surface area contributed by atoms with Crippen molar-refractivity contribution in [2.75, 3.05) is 11.4 Å². The van der Waals surface area contributed by atoms with E-state index < -0.39 is 0 Å². The summed E-state index contributed by atoms with van der Waals surface area (Å²) >= 11 is 0. The lowest BCUT2D eigenvalue weighted by Crippen LogP contribution is -2.25. The summed E-state index contributed by atoms with van der Waals surface area (Å²) < 4.78 is 0. The van der Waals surface area contributed by atoms with Gasteiger partial charge >= 0.3 is 0 Å². The zero-order valence-corrected chi connectivity index (χ0v) is 14.0. The molecular formula is C19H19N5O. The first-order valence-electron chi connectivity index (χ1n) is 8.10. The lowest BCUT2D eigenvalue weighted by atomic mass is 10.3. The molecule has 0 radical (unpaired) electrons. The SMILES string of the molecule is CCN(c1ccccc1)c1cnc(C(=O)NCc2ccccn2)cn1. The molecule has 1 amide bonds. The largest absolute Gasteiger partial charge is 0.345 e. The number of nitrogens with one attached hydrogen (secondary N) is 1. The molecule has 25 heavy (non-hydrogen) atoms. The van der Waals surface area contributed by atoms with Crippen LogP contribution in [0.15, 0.2) is 67.1 Å². The van der Waals surface area contributed by atoms with E-state index in [0.29, 0.717) is 12.4 Å². The van der Waals surface area contributed by atoms with Gasteiger partial charge in [0.1, 0.15) is 5.69 Å². The molecule has 6 nitrogen and oxygen atoms in total. The topological polar surface area (TPSA) is 71.0 Å².